The monoisotopic (exact) mass is 294 g/mol. The molecule has 3 nitrogen and oxygen atoms in total. The van der Waals surface area contributed by atoms with E-state index in [2.05, 4.69) is 10.3 Å². The first-order valence-corrected chi connectivity index (χ1v) is 8.23. The Kier molecular flexibility index (Phi) is 4.79. The van der Waals surface area contributed by atoms with Crippen LogP contribution in [0.1, 0.15) is 56.9 Å². The SMILES string of the molecule is Clc1cnc(OC2CCCCCC2)cc1CNC1CC1. The van der Waals surface area contributed by atoms with E-state index in [9.17, 15) is 0 Å². The Morgan fingerprint density at radius 2 is 1.90 bits per heavy atom. The zero-order valence-corrected chi connectivity index (χ0v) is 12.7. The molecule has 1 aromatic heterocycles. The van der Waals surface area contributed by atoms with Crippen molar-refractivity contribution in [1.82, 2.24) is 10.3 Å². The van der Waals surface area contributed by atoms with Crippen molar-refractivity contribution in [2.24, 2.45) is 0 Å². The van der Waals surface area contributed by atoms with Crippen molar-refractivity contribution < 1.29 is 4.74 Å². The molecule has 0 aromatic carbocycles. The van der Waals surface area contributed by atoms with Crippen LogP contribution in [-0.2, 0) is 6.54 Å². The normalized spacial score (nSPS) is 20.6. The molecule has 1 aromatic rings. The van der Waals surface area contributed by atoms with Gasteiger partial charge in [-0.2, -0.15) is 0 Å². The maximum Gasteiger partial charge on any atom is 0.213 e. The summed E-state index contributed by atoms with van der Waals surface area (Å²) >= 11 is 6.21. The summed E-state index contributed by atoms with van der Waals surface area (Å²) in [4.78, 5) is 4.32. The number of aromatic nitrogens is 1. The Morgan fingerprint density at radius 3 is 2.60 bits per heavy atom. The van der Waals surface area contributed by atoms with Crippen molar-refractivity contribution >= 4 is 11.6 Å². The van der Waals surface area contributed by atoms with Crippen molar-refractivity contribution in [3.05, 3.63) is 22.8 Å². The zero-order chi connectivity index (χ0) is 13.8. The number of ether oxygens (including phenoxy) is 1. The lowest BCUT2D eigenvalue weighted by atomic mass is 10.1. The van der Waals surface area contributed by atoms with Gasteiger partial charge in [0.1, 0.15) is 6.10 Å². The molecule has 3 rings (SSSR count). The van der Waals surface area contributed by atoms with Crippen LogP contribution in [-0.4, -0.2) is 17.1 Å². The number of nitrogens with zero attached hydrogens (tertiary/aromatic N) is 1. The van der Waals surface area contributed by atoms with Gasteiger partial charge in [0.05, 0.1) is 5.02 Å². The lowest BCUT2D eigenvalue weighted by Gasteiger charge is -2.17. The van der Waals surface area contributed by atoms with Crippen LogP contribution in [0.15, 0.2) is 12.3 Å². The van der Waals surface area contributed by atoms with E-state index in [1.807, 2.05) is 6.07 Å². The Balaban J connectivity index is 1.61. The van der Waals surface area contributed by atoms with Gasteiger partial charge in [0.15, 0.2) is 0 Å². The minimum atomic E-state index is 0.329. The van der Waals surface area contributed by atoms with Gasteiger partial charge in [-0.15, -0.1) is 0 Å². The molecule has 0 bridgehead atoms. The van der Waals surface area contributed by atoms with Crippen LogP contribution < -0.4 is 10.1 Å². The van der Waals surface area contributed by atoms with Crippen LogP contribution in [0.3, 0.4) is 0 Å². The molecule has 110 valence electrons. The molecule has 0 atom stereocenters. The Hall–Kier alpha value is -0.800. The average Bonchev–Trinajstić information content (AvgIpc) is 3.27. The first-order chi connectivity index (χ1) is 9.81. The number of halogens is 1. The van der Waals surface area contributed by atoms with E-state index < -0.39 is 0 Å². The van der Waals surface area contributed by atoms with Gasteiger partial charge in [0, 0.05) is 24.8 Å². The average molecular weight is 295 g/mol. The summed E-state index contributed by atoms with van der Waals surface area (Å²) in [5.41, 5.74) is 1.09. The second kappa shape index (κ2) is 6.77. The van der Waals surface area contributed by atoms with E-state index in [1.165, 1.54) is 38.5 Å². The molecule has 0 amide bonds. The minimum Gasteiger partial charge on any atom is -0.474 e. The summed E-state index contributed by atoms with van der Waals surface area (Å²) in [6.45, 7) is 0.813. The first kappa shape index (κ1) is 14.2. The molecule has 0 aliphatic heterocycles. The highest BCUT2D eigenvalue weighted by atomic mass is 35.5. The summed E-state index contributed by atoms with van der Waals surface area (Å²) in [5.74, 6) is 0.730. The highest BCUT2D eigenvalue weighted by Gasteiger charge is 2.21. The van der Waals surface area contributed by atoms with Gasteiger partial charge in [-0.25, -0.2) is 4.98 Å². The predicted octanol–water partition coefficient (Wildman–Crippen LogP) is 4.09. The number of nitrogens with one attached hydrogen (secondary N) is 1. The Bertz CT molecular complexity index is 440. The van der Waals surface area contributed by atoms with Crippen molar-refractivity contribution in [3.8, 4) is 5.88 Å². The second-order valence-corrected chi connectivity index (χ2v) is 6.41. The predicted molar refractivity (Wildman–Crippen MR) is 81.2 cm³/mol. The maximum absolute atomic E-state index is 6.21. The van der Waals surface area contributed by atoms with Gasteiger partial charge >= 0.3 is 0 Å². The van der Waals surface area contributed by atoms with Gasteiger partial charge < -0.3 is 10.1 Å². The minimum absolute atomic E-state index is 0.329. The van der Waals surface area contributed by atoms with Crippen molar-refractivity contribution in [2.45, 2.75) is 70.1 Å². The molecule has 2 fully saturated rings. The third-order valence-electron chi connectivity index (χ3n) is 4.16. The fourth-order valence-corrected chi connectivity index (χ4v) is 2.90. The topological polar surface area (TPSA) is 34.1 Å². The molecule has 0 radical (unpaired) electrons. The Labute approximate surface area is 126 Å². The van der Waals surface area contributed by atoms with Crippen LogP contribution in [0.5, 0.6) is 5.88 Å². The summed E-state index contributed by atoms with van der Waals surface area (Å²) in [6.07, 6.45) is 12.1. The summed E-state index contributed by atoms with van der Waals surface area (Å²) in [6, 6.07) is 2.69. The standard InChI is InChI=1S/C16H23ClN2O/c17-15-11-19-16(9-12(15)10-18-13-7-8-13)20-14-5-3-1-2-4-6-14/h9,11,13-14,18H,1-8,10H2. The van der Waals surface area contributed by atoms with Gasteiger partial charge in [-0.1, -0.05) is 24.4 Å². The molecule has 0 saturated heterocycles. The molecule has 4 heteroatoms. The smallest absolute Gasteiger partial charge is 0.213 e. The lowest BCUT2D eigenvalue weighted by molar-refractivity contribution is 0.176. The van der Waals surface area contributed by atoms with E-state index in [0.717, 1.165) is 35.9 Å². The molecular formula is C16H23ClN2O. The van der Waals surface area contributed by atoms with Gasteiger partial charge in [0.2, 0.25) is 5.88 Å². The van der Waals surface area contributed by atoms with Crippen molar-refractivity contribution in [1.29, 1.82) is 0 Å². The first-order valence-electron chi connectivity index (χ1n) is 7.86. The molecular weight excluding hydrogens is 272 g/mol. The quantitative estimate of drug-likeness (QED) is 0.831. The highest BCUT2D eigenvalue weighted by Crippen LogP contribution is 2.25. The van der Waals surface area contributed by atoms with Crippen LogP contribution in [0.4, 0.5) is 0 Å². The summed E-state index contributed by atoms with van der Waals surface area (Å²) < 4.78 is 6.06. The van der Waals surface area contributed by atoms with Gasteiger partial charge in [-0.05, 0) is 44.1 Å². The van der Waals surface area contributed by atoms with Crippen molar-refractivity contribution in [2.75, 3.05) is 0 Å². The Morgan fingerprint density at radius 1 is 1.15 bits per heavy atom. The number of rotatable bonds is 5. The van der Waals surface area contributed by atoms with E-state index in [-0.39, 0.29) is 0 Å². The number of pyridine rings is 1. The zero-order valence-electron chi connectivity index (χ0n) is 11.9. The van der Waals surface area contributed by atoms with E-state index in [4.69, 9.17) is 16.3 Å². The summed E-state index contributed by atoms with van der Waals surface area (Å²) in [7, 11) is 0. The van der Waals surface area contributed by atoms with Crippen molar-refractivity contribution in [3.63, 3.8) is 0 Å². The third kappa shape index (κ3) is 4.10. The third-order valence-corrected chi connectivity index (χ3v) is 4.50. The van der Waals surface area contributed by atoms with E-state index in [1.54, 1.807) is 6.20 Å². The molecule has 0 spiro atoms. The number of hydrogen-bond acceptors (Lipinski definition) is 3. The molecule has 2 aliphatic carbocycles. The number of hydrogen-bond donors (Lipinski definition) is 1. The second-order valence-electron chi connectivity index (χ2n) is 6.00. The van der Waals surface area contributed by atoms with E-state index >= 15 is 0 Å². The molecule has 1 heterocycles. The fraction of sp³-hybridized carbons (Fsp3) is 0.688. The largest absolute Gasteiger partial charge is 0.474 e. The lowest BCUT2D eigenvalue weighted by Crippen LogP contribution is -2.18. The highest BCUT2D eigenvalue weighted by molar-refractivity contribution is 6.31. The van der Waals surface area contributed by atoms with E-state index in [0.29, 0.717) is 12.1 Å². The van der Waals surface area contributed by atoms with Crippen LogP contribution in [0, 0.1) is 0 Å². The van der Waals surface area contributed by atoms with Gasteiger partial charge in [-0.3, -0.25) is 0 Å². The molecule has 0 unspecified atom stereocenters. The molecule has 20 heavy (non-hydrogen) atoms. The maximum atomic E-state index is 6.21. The molecule has 2 aliphatic rings. The van der Waals surface area contributed by atoms with Crippen LogP contribution in [0.25, 0.3) is 0 Å². The van der Waals surface area contributed by atoms with Gasteiger partial charge in [0.25, 0.3) is 0 Å². The molecule has 2 saturated carbocycles. The molecule has 1 N–H and O–H groups in total. The van der Waals surface area contributed by atoms with Crippen LogP contribution >= 0.6 is 11.6 Å². The summed E-state index contributed by atoms with van der Waals surface area (Å²) in [5, 5.41) is 4.21. The fourth-order valence-electron chi connectivity index (χ4n) is 2.73. The van der Waals surface area contributed by atoms with Crippen LogP contribution in [0.2, 0.25) is 5.02 Å².